The summed E-state index contributed by atoms with van der Waals surface area (Å²) in [5.74, 6) is 2.40. The average molecular weight is 433 g/mol. The Hall–Kier alpha value is -2.66. The monoisotopic (exact) mass is 432 g/mol. The van der Waals surface area contributed by atoms with Gasteiger partial charge in [-0.15, -0.1) is 0 Å². The van der Waals surface area contributed by atoms with Gasteiger partial charge in [0.05, 0.1) is 11.4 Å². The summed E-state index contributed by atoms with van der Waals surface area (Å²) >= 11 is 6.14. The minimum absolute atomic E-state index is 0.0815. The van der Waals surface area contributed by atoms with E-state index in [-0.39, 0.29) is 5.91 Å². The van der Waals surface area contributed by atoms with E-state index in [9.17, 15) is 4.79 Å². The number of carbonyl (C=O) groups is 1. The van der Waals surface area contributed by atoms with Gasteiger partial charge in [0.25, 0.3) is 5.91 Å². The Kier molecular flexibility index (Phi) is 4.60. The number of pyridine rings is 1. The largest absolute Gasteiger partial charge is 0.347 e. The van der Waals surface area contributed by atoms with Crippen molar-refractivity contribution in [1.29, 1.82) is 0 Å². The van der Waals surface area contributed by atoms with Gasteiger partial charge in [0.2, 0.25) is 0 Å². The number of hydrogen-bond acceptors (Lipinski definition) is 3. The lowest BCUT2D eigenvalue weighted by Gasteiger charge is -2.38. The zero-order valence-corrected chi connectivity index (χ0v) is 18.1. The number of nitrogens with one attached hydrogen (secondary N) is 1. The number of nitrogens with zero attached hydrogens (tertiary/aromatic N) is 3. The second kappa shape index (κ2) is 7.49. The highest BCUT2D eigenvalue weighted by molar-refractivity contribution is 6.30. The van der Waals surface area contributed by atoms with Gasteiger partial charge in [0.15, 0.2) is 5.69 Å². The summed E-state index contributed by atoms with van der Waals surface area (Å²) in [4.78, 5) is 17.4. The molecule has 1 aromatic carbocycles. The second-order valence-corrected chi connectivity index (χ2v) is 9.81. The highest BCUT2D eigenvalue weighted by Gasteiger charge is 2.46. The summed E-state index contributed by atoms with van der Waals surface area (Å²) in [6.45, 7) is 0.475. The van der Waals surface area contributed by atoms with E-state index in [2.05, 4.69) is 10.3 Å². The summed E-state index contributed by atoms with van der Waals surface area (Å²) in [6, 6.07) is 11.7. The van der Waals surface area contributed by atoms with Gasteiger partial charge in [-0.1, -0.05) is 11.6 Å². The van der Waals surface area contributed by atoms with Crippen LogP contribution < -0.4 is 5.32 Å². The van der Waals surface area contributed by atoms with Crippen LogP contribution in [-0.4, -0.2) is 20.7 Å². The Bertz CT molecular complexity index is 1110. The fourth-order valence-corrected chi connectivity index (χ4v) is 6.39. The minimum atomic E-state index is -0.0815. The Labute approximate surface area is 186 Å². The molecule has 0 radical (unpaired) electrons. The molecule has 2 unspecified atom stereocenters. The van der Waals surface area contributed by atoms with Crippen molar-refractivity contribution < 1.29 is 4.79 Å². The molecule has 2 aromatic heterocycles. The molecule has 1 N–H and O–H groups in total. The highest BCUT2D eigenvalue weighted by Crippen LogP contribution is 2.57. The van der Waals surface area contributed by atoms with E-state index >= 15 is 0 Å². The zero-order chi connectivity index (χ0) is 20.9. The molecule has 4 bridgehead atoms. The first-order chi connectivity index (χ1) is 15.2. The van der Waals surface area contributed by atoms with Gasteiger partial charge in [0, 0.05) is 35.4 Å². The topological polar surface area (TPSA) is 59.8 Å². The fraction of sp³-hybridized carbons (Fsp3) is 0.400. The summed E-state index contributed by atoms with van der Waals surface area (Å²) in [7, 11) is 0. The van der Waals surface area contributed by atoms with Crippen molar-refractivity contribution in [3.8, 4) is 5.69 Å². The second-order valence-electron chi connectivity index (χ2n) is 9.38. The maximum Gasteiger partial charge on any atom is 0.272 e. The molecular weight excluding hydrogens is 408 g/mol. The van der Waals surface area contributed by atoms with E-state index in [1.807, 2.05) is 41.1 Å². The number of benzene rings is 1. The molecule has 6 heteroatoms. The van der Waals surface area contributed by atoms with Crippen LogP contribution in [0, 0.1) is 11.8 Å². The lowest BCUT2D eigenvalue weighted by molar-refractivity contribution is 0.0942. The van der Waals surface area contributed by atoms with Gasteiger partial charge in [-0.25, -0.2) is 4.68 Å². The van der Waals surface area contributed by atoms with Gasteiger partial charge in [0.1, 0.15) is 0 Å². The smallest absolute Gasteiger partial charge is 0.272 e. The normalized spacial score (nSPS) is 25.8. The van der Waals surface area contributed by atoms with Gasteiger partial charge < -0.3 is 5.32 Å². The van der Waals surface area contributed by atoms with Crippen LogP contribution in [0.1, 0.15) is 71.2 Å². The van der Waals surface area contributed by atoms with Crippen LogP contribution in [-0.2, 0) is 6.54 Å². The molecule has 3 aromatic rings. The van der Waals surface area contributed by atoms with Crippen molar-refractivity contribution in [2.75, 3.05) is 0 Å². The molecule has 0 aliphatic heterocycles. The van der Waals surface area contributed by atoms with E-state index < -0.39 is 0 Å². The van der Waals surface area contributed by atoms with Crippen LogP contribution in [0.15, 0.2) is 48.8 Å². The predicted octanol–water partition coefficient (Wildman–Crippen LogP) is 5.24. The standard InChI is InChI=1S/C25H25ClN4O/c26-20-1-3-21(4-2-20)30-24-19-12-16-9-17(13-19)11-18(10-16)22(24)23(29-30)25(31)28-14-15-5-7-27-8-6-15/h1-8,16-19H,9-14H2,(H,28,31). The van der Waals surface area contributed by atoms with E-state index in [1.54, 1.807) is 12.4 Å². The Balaban J connectivity index is 1.43. The molecule has 7 rings (SSSR count). The Morgan fingerprint density at radius 2 is 1.65 bits per heavy atom. The molecule has 2 saturated carbocycles. The molecule has 2 heterocycles. The number of halogens is 1. The van der Waals surface area contributed by atoms with Crippen molar-refractivity contribution in [2.24, 2.45) is 11.8 Å². The van der Waals surface area contributed by atoms with E-state index in [4.69, 9.17) is 16.7 Å². The molecule has 5 nitrogen and oxygen atoms in total. The van der Waals surface area contributed by atoms with Crippen molar-refractivity contribution in [3.63, 3.8) is 0 Å². The molecule has 0 spiro atoms. The van der Waals surface area contributed by atoms with Crippen molar-refractivity contribution in [1.82, 2.24) is 20.1 Å². The third-order valence-corrected chi connectivity index (χ3v) is 7.63. The van der Waals surface area contributed by atoms with E-state index in [1.165, 1.54) is 43.4 Å². The minimum Gasteiger partial charge on any atom is -0.347 e. The first-order valence-electron chi connectivity index (χ1n) is 11.2. The third-order valence-electron chi connectivity index (χ3n) is 7.38. The molecule has 4 aliphatic rings. The van der Waals surface area contributed by atoms with Crippen LogP contribution in [0.3, 0.4) is 0 Å². The molecule has 31 heavy (non-hydrogen) atoms. The quantitative estimate of drug-likeness (QED) is 0.613. The fourth-order valence-electron chi connectivity index (χ4n) is 6.26. The highest BCUT2D eigenvalue weighted by atomic mass is 35.5. The van der Waals surface area contributed by atoms with Crippen LogP contribution in [0.5, 0.6) is 0 Å². The summed E-state index contributed by atoms with van der Waals surface area (Å²) in [5.41, 5.74) is 5.10. The molecule has 1 amide bonds. The SMILES string of the molecule is O=C(NCc1ccncc1)c1nn(-c2ccc(Cl)cc2)c2c1C1CC3CC(C1)CC2C3. The zero-order valence-electron chi connectivity index (χ0n) is 17.3. The summed E-state index contributed by atoms with van der Waals surface area (Å²) in [5, 5.41) is 8.72. The molecule has 4 aliphatic carbocycles. The molecule has 158 valence electrons. The number of rotatable bonds is 4. The average Bonchev–Trinajstić information content (AvgIpc) is 3.10. The Morgan fingerprint density at radius 3 is 2.35 bits per heavy atom. The van der Waals surface area contributed by atoms with Gasteiger partial charge in [-0.2, -0.15) is 5.10 Å². The number of carbonyl (C=O) groups excluding carboxylic acids is 1. The predicted molar refractivity (Wildman–Crippen MR) is 120 cm³/mol. The first-order valence-corrected chi connectivity index (χ1v) is 11.6. The molecule has 0 saturated heterocycles. The van der Waals surface area contributed by atoms with Crippen LogP contribution in [0.4, 0.5) is 0 Å². The van der Waals surface area contributed by atoms with Crippen molar-refractivity contribution in [3.05, 3.63) is 76.3 Å². The molecular formula is C25H25ClN4O. The Morgan fingerprint density at radius 1 is 0.968 bits per heavy atom. The molecule has 2 fully saturated rings. The maximum atomic E-state index is 13.4. The van der Waals surface area contributed by atoms with Crippen LogP contribution >= 0.6 is 11.6 Å². The molecule has 2 atom stereocenters. The van der Waals surface area contributed by atoms with Crippen molar-refractivity contribution in [2.45, 2.75) is 50.5 Å². The number of hydrogen-bond donors (Lipinski definition) is 1. The van der Waals surface area contributed by atoms with Gasteiger partial charge in [-0.3, -0.25) is 9.78 Å². The summed E-state index contributed by atoms with van der Waals surface area (Å²) < 4.78 is 2.04. The van der Waals surface area contributed by atoms with Crippen LogP contribution in [0.25, 0.3) is 5.69 Å². The first kappa shape index (κ1) is 19.1. The van der Waals surface area contributed by atoms with Gasteiger partial charge >= 0.3 is 0 Å². The maximum absolute atomic E-state index is 13.4. The number of amides is 1. The lowest BCUT2D eigenvalue weighted by Crippen LogP contribution is -2.28. The van der Waals surface area contributed by atoms with E-state index in [0.29, 0.717) is 29.1 Å². The van der Waals surface area contributed by atoms with E-state index in [0.717, 1.165) is 23.1 Å². The van der Waals surface area contributed by atoms with Crippen LogP contribution in [0.2, 0.25) is 5.02 Å². The number of aromatic nitrogens is 3. The third kappa shape index (κ3) is 3.35. The van der Waals surface area contributed by atoms with Crippen molar-refractivity contribution >= 4 is 17.5 Å². The lowest BCUT2D eigenvalue weighted by atomic mass is 9.67. The summed E-state index contributed by atoms with van der Waals surface area (Å²) in [6.07, 6.45) is 9.67. The van der Waals surface area contributed by atoms with Gasteiger partial charge in [-0.05, 0) is 91.8 Å².